The van der Waals surface area contributed by atoms with Gasteiger partial charge in [0.2, 0.25) is 5.91 Å². The van der Waals surface area contributed by atoms with Crippen LogP contribution in [0.4, 0.5) is 11.4 Å². The standard InChI is InChI=1S/C27H29N3O3/c1-19-7-9-20(10-8-19)17-30(23-15-16-23)18-26(31)28-22-13-11-21(12-14-22)27(32)29-24-5-3-4-6-25(24)33-2/h3-14,23H,15-18H2,1-2H3,(H,28,31)(H,29,32). The van der Waals surface area contributed by atoms with Gasteiger partial charge in [-0.3, -0.25) is 14.5 Å². The number of carbonyl (C=O) groups excluding carboxylic acids is 2. The molecule has 0 aliphatic heterocycles. The third-order valence-corrected chi connectivity index (χ3v) is 5.70. The van der Waals surface area contributed by atoms with Crippen molar-refractivity contribution in [1.82, 2.24) is 4.90 Å². The van der Waals surface area contributed by atoms with Crippen LogP contribution in [0, 0.1) is 6.92 Å². The molecule has 3 aromatic rings. The van der Waals surface area contributed by atoms with Gasteiger partial charge in [0, 0.05) is 23.8 Å². The molecule has 0 saturated heterocycles. The number of aryl methyl sites for hydroxylation is 1. The lowest BCUT2D eigenvalue weighted by Crippen LogP contribution is -2.34. The van der Waals surface area contributed by atoms with Gasteiger partial charge in [0.1, 0.15) is 5.75 Å². The van der Waals surface area contributed by atoms with Gasteiger partial charge in [0.25, 0.3) is 5.91 Å². The molecule has 33 heavy (non-hydrogen) atoms. The van der Waals surface area contributed by atoms with Crippen LogP contribution < -0.4 is 15.4 Å². The van der Waals surface area contributed by atoms with E-state index in [1.54, 1.807) is 43.5 Å². The summed E-state index contributed by atoms with van der Waals surface area (Å²) in [4.78, 5) is 27.5. The van der Waals surface area contributed by atoms with Crippen molar-refractivity contribution in [2.24, 2.45) is 0 Å². The van der Waals surface area contributed by atoms with Gasteiger partial charge in [-0.1, -0.05) is 42.0 Å². The zero-order valence-corrected chi connectivity index (χ0v) is 19.0. The second kappa shape index (κ2) is 10.3. The molecule has 0 atom stereocenters. The number of carbonyl (C=O) groups is 2. The summed E-state index contributed by atoms with van der Waals surface area (Å²) < 4.78 is 5.27. The van der Waals surface area contributed by atoms with Crippen LogP contribution in [0.2, 0.25) is 0 Å². The summed E-state index contributed by atoms with van der Waals surface area (Å²) in [5, 5.41) is 5.80. The number of nitrogens with zero attached hydrogens (tertiary/aromatic N) is 1. The highest BCUT2D eigenvalue weighted by atomic mass is 16.5. The molecule has 0 bridgehead atoms. The second-order valence-electron chi connectivity index (χ2n) is 8.40. The molecule has 1 aliphatic rings. The first kappa shape index (κ1) is 22.6. The van der Waals surface area contributed by atoms with E-state index in [0.717, 1.165) is 19.4 Å². The number of nitrogens with one attached hydrogen (secondary N) is 2. The molecule has 4 rings (SSSR count). The number of hydrogen-bond acceptors (Lipinski definition) is 4. The second-order valence-corrected chi connectivity index (χ2v) is 8.40. The fraction of sp³-hybridized carbons (Fsp3) is 0.259. The third-order valence-electron chi connectivity index (χ3n) is 5.70. The summed E-state index contributed by atoms with van der Waals surface area (Å²) in [6.45, 7) is 3.18. The predicted molar refractivity (Wildman–Crippen MR) is 131 cm³/mol. The number of ether oxygens (including phenoxy) is 1. The minimum absolute atomic E-state index is 0.0553. The molecule has 170 valence electrons. The highest BCUT2D eigenvalue weighted by Gasteiger charge is 2.30. The Morgan fingerprint density at radius 3 is 2.30 bits per heavy atom. The highest BCUT2D eigenvalue weighted by Crippen LogP contribution is 2.28. The van der Waals surface area contributed by atoms with E-state index in [1.807, 2.05) is 12.1 Å². The molecular weight excluding hydrogens is 414 g/mol. The first-order chi connectivity index (χ1) is 16.0. The monoisotopic (exact) mass is 443 g/mol. The number of amides is 2. The van der Waals surface area contributed by atoms with E-state index < -0.39 is 0 Å². The van der Waals surface area contributed by atoms with Crippen molar-refractivity contribution in [2.45, 2.75) is 32.4 Å². The van der Waals surface area contributed by atoms with Gasteiger partial charge < -0.3 is 15.4 Å². The van der Waals surface area contributed by atoms with E-state index in [-0.39, 0.29) is 11.8 Å². The Labute approximate surface area is 194 Å². The van der Waals surface area contributed by atoms with Crippen LogP contribution in [0.15, 0.2) is 72.8 Å². The van der Waals surface area contributed by atoms with Gasteiger partial charge in [0.15, 0.2) is 0 Å². The zero-order valence-electron chi connectivity index (χ0n) is 19.0. The first-order valence-electron chi connectivity index (χ1n) is 11.2. The van der Waals surface area contributed by atoms with Crippen LogP contribution in [-0.4, -0.2) is 36.4 Å². The maximum Gasteiger partial charge on any atom is 0.255 e. The molecule has 0 spiro atoms. The summed E-state index contributed by atoms with van der Waals surface area (Å²) in [5.74, 6) is 0.302. The SMILES string of the molecule is COc1ccccc1NC(=O)c1ccc(NC(=O)CN(Cc2ccc(C)cc2)C2CC2)cc1. The van der Waals surface area contributed by atoms with Crippen LogP contribution in [0.25, 0.3) is 0 Å². The third kappa shape index (κ3) is 6.20. The van der Waals surface area contributed by atoms with Crippen molar-refractivity contribution in [3.63, 3.8) is 0 Å². The molecule has 6 heteroatoms. The normalized spacial score (nSPS) is 12.9. The lowest BCUT2D eigenvalue weighted by molar-refractivity contribution is -0.117. The molecule has 0 aromatic heterocycles. The average molecular weight is 444 g/mol. The summed E-state index contributed by atoms with van der Waals surface area (Å²) in [5.41, 5.74) is 4.22. The van der Waals surface area contributed by atoms with Crippen LogP contribution in [-0.2, 0) is 11.3 Å². The van der Waals surface area contributed by atoms with Crippen LogP contribution >= 0.6 is 0 Å². The molecule has 6 nitrogen and oxygen atoms in total. The summed E-state index contributed by atoms with van der Waals surface area (Å²) in [6.07, 6.45) is 2.27. The summed E-state index contributed by atoms with van der Waals surface area (Å²) >= 11 is 0. The maximum atomic E-state index is 12.7. The molecule has 2 amide bonds. The molecule has 1 aliphatic carbocycles. The van der Waals surface area contributed by atoms with Gasteiger partial charge in [-0.15, -0.1) is 0 Å². The zero-order chi connectivity index (χ0) is 23.2. The van der Waals surface area contributed by atoms with Crippen LogP contribution in [0.3, 0.4) is 0 Å². The van der Waals surface area contributed by atoms with Gasteiger partial charge in [0.05, 0.1) is 19.3 Å². The van der Waals surface area contributed by atoms with Crippen molar-refractivity contribution >= 4 is 23.2 Å². The lowest BCUT2D eigenvalue weighted by Gasteiger charge is -2.21. The van der Waals surface area contributed by atoms with Crippen LogP contribution in [0.1, 0.15) is 34.3 Å². The Morgan fingerprint density at radius 1 is 0.939 bits per heavy atom. The van der Waals surface area contributed by atoms with Gasteiger partial charge in [-0.2, -0.15) is 0 Å². The molecule has 0 unspecified atom stereocenters. The predicted octanol–water partition coefficient (Wildman–Crippen LogP) is 4.86. The maximum absolute atomic E-state index is 12.7. The van der Waals surface area contributed by atoms with E-state index in [2.05, 4.69) is 46.7 Å². The number of anilines is 2. The summed E-state index contributed by atoms with van der Waals surface area (Å²) in [7, 11) is 1.56. The largest absolute Gasteiger partial charge is 0.495 e. The van der Waals surface area contributed by atoms with Crippen molar-refractivity contribution in [3.05, 3.63) is 89.5 Å². The van der Waals surface area contributed by atoms with E-state index >= 15 is 0 Å². The van der Waals surface area contributed by atoms with Crippen molar-refractivity contribution in [3.8, 4) is 5.75 Å². The highest BCUT2D eigenvalue weighted by molar-refractivity contribution is 6.05. The minimum Gasteiger partial charge on any atom is -0.495 e. The van der Waals surface area contributed by atoms with Gasteiger partial charge in [-0.25, -0.2) is 0 Å². The van der Waals surface area contributed by atoms with E-state index in [9.17, 15) is 9.59 Å². The first-order valence-corrected chi connectivity index (χ1v) is 11.2. The number of hydrogen-bond donors (Lipinski definition) is 2. The Morgan fingerprint density at radius 2 is 1.64 bits per heavy atom. The Hall–Kier alpha value is -3.64. The minimum atomic E-state index is -0.240. The van der Waals surface area contributed by atoms with Crippen LogP contribution in [0.5, 0.6) is 5.75 Å². The molecule has 1 fully saturated rings. The van der Waals surface area contributed by atoms with Crippen molar-refractivity contribution in [2.75, 3.05) is 24.3 Å². The van der Waals surface area contributed by atoms with E-state index in [4.69, 9.17) is 4.74 Å². The fourth-order valence-corrected chi connectivity index (χ4v) is 3.71. The molecule has 0 heterocycles. The molecule has 1 saturated carbocycles. The molecule has 2 N–H and O–H groups in total. The fourth-order valence-electron chi connectivity index (χ4n) is 3.71. The number of methoxy groups -OCH3 is 1. The number of rotatable bonds is 9. The average Bonchev–Trinajstić information content (AvgIpc) is 3.66. The molecular formula is C27H29N3O3. The Bertz CT molecular complexity index is 1110. The smallest absolute Gasteiger partial charge is 0.255 e. The van der Waals surface area contributed by atoms with Gasteiger partial charge >= 0.3 is 0 Å². The molecule has 3 aromatic carbocycles. The Balaban J connectivity index is 1.33. The lowest BCUT2D eigenvalue weighted by atomic mass is 10.1. The summed E-state index contributed by atoms with van der Waals surface area (Å²) in [6, 6.07) is 23.1. The number of benzene rings is 3. The topological polar surface area (TPSA) is 70.7 Å². The van der Waals surface area contributed by atoms with E-state index in [1.165, 1.54) is 11.1 Å². The van der Waals surface area contributed by atoms with E-state index in [0.29, 0.717) is 35.3 Å². The quantitative estimate of drug-likeness (QED) is 0.496. The molecule has 0 radical (unpaired) electrons. The van der Waals surface area contributed by atoms with Gasteiger partial charge in [-0.05, 0) is 61.7 Å². The van der Waals surface area contributed by atoms with Crippen molar-refractivity contribution in [1.29, 1.82) is 0 Å². The Kier molecular flexibility index (Phi) is 7.05. The number of para-hydroxylation sites is 2. The van der Waals surface area contributed by atoms with Crippen molar-refractivity contribution < 1.29 is 14.3 Å².